The van der Waals surface area contributed by atoms with Crippen molar-refractivity contribution in [3.05, 3.63) is 94.6 Å². The van der Waals surface area contributed by atoms with Crippen LogP contribution in [0.15, 0.2) is 72.3 Å². The van der Waals surface area contributed by atoms with Gasteiger partial charge >= 0.3 is 0 Å². The van der Waals surface area contributed by atoms with Crippen LogP contribution >= 0.6 is 0 Å². The highest BCUT2D eigenvalue weighted by Crippen LogP contribution is 2.43. The van der Waals surface area contributed by atoms with Gasteiger partial charge in [-0.15, -0.1) is 0 Å². The SMILES string of the molecule is CCOc1cc([C@H]2/C(=C(\O)c3ccc4c(c3)C[C@@H](C)O4)C(=O)C(=O)N2CCCN2CCOCC2)ccc1OCc1ccccc1. The summed E-state index contributed by atoms with van der Waals surface area (Å²) in [6.07, 6.45) is 1.42. The molecule has 2 atom stereocenters. The van der Waals surface area contributed by atoms with Crippen LogP contribution in [-0.4, -0.2) is 78.7 Å². The maximum absolute atomic E-state index is 13.7. The van der Waals surface area contributed by atoms with Crippen molar-refractivity contribution < 1.29 is 33.6 Å². The van der Waals surface area contributed by atoms with Crippen LogP contribution in [0, 0.1) is 0 Å². The molecule has 3 aromatic carbocycles. The van der Waals surface area contributed by atoms with Gasteiger partial charge in [0, 0.05) is 38.2 Å². The Labute approximate surface area is 263 Å². The summed E-state index contributed by atoms with van der Waals surface area (Å²) in [6.45, 7) is 8.84. The van der Waals surface area contributed by atoms with E-state index in [-0.39, 0.29) is 17.4 Å². The van der Waals surface area contributed by atoms with Crippen molar-refractivity contribution in [1.82, 2.24) is 9.80 Å². The highest BCUT2D eigenvalue weighted by Gasteiger charge is 2.46. The van der Waals surface area contributed by atoms with Gasteiger partial charge in [-0.3, -0.25) is 14.5 Å². The molecule has 1 N–H and O–H groups in total. The summed E-state index contributed by atoms with van der Waals surface area (Å²) >= 11 is 0. The second-order valence-corrected chi connectivity index (χ2v) is 11.7. The molecule has 2 saturated heterocycles. The van der Waals surface area contributed by atoms with Crippen molar-refractivity contribution >= 4 is 17.4 Å². The van der Waals surface area contributed by atoms with Gasteiger partial charge in [0.15, 0.2) is 11.5 Å². The number of fused-ring (bicyclic) bond motifs is 1. The zero-order valence-electron chi connectivity index (χ0n) is 25.9. The van der Waals surface area contributed by atoms with Crippen LogP contribution in [0.1, 0.15) is 48.6 Å². The van der Waals surface area contributed by atoms with E-state index in [0.29, 0.717) is 68.4 Å². The van der Waals surface area contributed by atoms with Gasteiger partial charge in [-0.2, -0.15) is 0 Å². The fraction of sp³-hybridized carbons (Fsp3) is 0.389. The van der Waals surface area contributed by atoms with Crippen molar-refractivity contribution in [1.29, 1.82) is 0 Å². The molecule has 0 saturated carbocycles. The minimum Gasteiger partial charge on any atom is -0.507 e. The molecule has 0 aliphatic carbocycles. The van der Waals surface area contributed by atoms with Crippen LogP contribution in [0.25, 0.3) is 5.76 Å². The van der Waals surface area contributed by atoms with E-state index in [0.717, 1.165) is 36.5 Å². The third-order valence-corrected chi connectivity index (χ3v) is 8.51. The Morgan fingerprint density at radius 3 is 2.53 bits per heavy atom. The fourth-order valence-corrected chi connectivity index (χ4v) is 6.29. The lowest BCUT2D eigenvalue weighted by molar-refractivity contribution is -0.140. The number of hydrogen-bond donors (Lipinski definition) is 1. The van der Waals surface area contributed by atoms with Gasteiger partial charge in [0.2, 0.25) is 0 Å². The number of hydrogen-bond acceptors (Lipinski definition) is 8. The molecule has 45 heavy (non-hydrogen) atoms. The number of carbonyl (C=O) groups excluding carboxylic acids is 2. The highest BCUT2D eigenvalue weighted by molar-refractivity contribution is 6.46. The summed E-state index contributed by atoms with van der Waals surface area (Å²) in [6, 6.07) is 19.9. The summed E-state index contributed by atoms with van der Waals surface area (Å²) in [5, 5.41) is 11.7. The molecule has 0 radical (unpaired) electrons. The van der Waals surface area contributed by atoms with Gasteiger partial charge in [0.05, 0.1) is 31.4 Å². The van der Waals surface area contributed by atoms with Crippen LogP contribution < -0.4 is 14.2 Å². The summed E-state index contributed by atoms with van der Waals surface area (Å²) in [7, 11) is 0. The predicted octanol–water partition coefficient (Wildman–Crippen LogP) is 5.13. The zero-order valence-corrected chi connectivity index (χ0v) is 25.9. The molecule has 3 heterocycles. The van der Waals surface area contributed by atoms with Crippen LogP contribution in [-0.2, 0) is 27.4 Å². The van der Waals surface area contributed by atoms with E-state index in [9.17, 15) is 14.7 Å². The smallest absolute Gasteiger partial charge is 0.295 e. The number of aliphatic hydroxyl groups excluding tert-OH is 1. The Balaban J connectivity index is 1.35. The number of ketones is 1. The molecule has 3 aromatic rings. The number of aliphatic hydroxyl groups is 1. The maximum atomic E-state index is 13.7. The van der Waals surface area contributed by atoms with Crippen LogP contribution in [0.5, 0.6) is 17.2 Å². The Morgan fingerprint density at radius 2 is 1.76 bits per heavy atom. The third kappa shape index (κ3) is 6.70. The molecule has 3 aliphatic heterocycles. The number of benzene rings is 3. The number of amides is 1. The lowest BCUT2D eigenvalue weighted by atomic mass is 9.94. The van der Waals surface area contributed by atoms with E-state index in [1.165, 1.54) is 0 Å². The molecule has 3 aliphatic rings. The molecule has 0 unspecified atom stereocenters. The predicted molar refractivity (Wildman–Crippen MR) is 170 cm³/mol. The standard InChI is InChI=1S/C36H40N2O7/c1-3-43-31-22-26(10-13-30(31)44-23-25-8-5-4-6-9-25)33-32(34(39)27-11-12-29-28(21-27)20-24(2)45-29)35(40)36(41)38(33)15-7-14-37-16-18-42-19-17-37/h4-6,8-13,21-22,24,33,39H,3,7,14-20,23H2,1-2H3/b34-32+/t24-,33+/m1/s1. The first-order valence-electron chi connectivity index (χ1n) is 15.7. The molecule has 1 amide bonds. The minimum absolute atomic E-state index is 0.0362. The molecular formula is C36H40N2O7. The summed E-state index contributed by atoms with van der Waals surface area (Å²) in [4.78, 5) is 31.2. The largest absolute Gasteiger partial charge is 0.507 e. The minimum atomic E-state index is -0.791. The summed E-state index contributed by atoms with van der Waals surface area (Å²) < 4.78 is 23.4. The number of ether oxygens (including phenoxy) is 4. The Kier molecular flexibility index (Phi) is 9.37. The van der Waals surface area contributed by atoms with Crippen LogP contribution in [0.3, 0.4) is 0 Å². The third-order valence-electron chi connectivity index (χ3n) is 8.51. The molecule has 9 nitrogen and oxygen atoms in total. The van der Waals surface area contributed by atoms with Crippen LogP contribution in [0.4, 0.5) is 0 Å². The summed E-state index contributed by atoms with van der Waals surface area (Å²) in [5.41, 5.74) is 3.19. The van der Waals surface area contributed by atoms with Crippen LogP contribution in [0.2, 0.25) is 0 Å². The molecule has 236 valence electrons. The molecule has 0 aromatic heterocycles. The van der Waals surface area contributed by atoms with E-state index in [1.54, 1.807) is 11.0 Å². The van der Waals surface area contributed by atoms with E-state index in [1.807, 2.05) is 74.5 Å². The first-order chi connectivity index (χ1) is 21.9. The van der Waals surface area contributed by atoms with Gasteiger partial charge in [0.25, 0.3) is 11.7 Å². The van der Waals surface area contributed by atoms with E-state index >= 15 is 0 Å². The van der Waals surface area contributed by atoms with Crippen molar-refractivity contribution in [2.75, 3.05) is 46.0 Å². The topological polar surface area (TPSA) is 97.8 Å². The Bertz CT molecular complexity index is 1560. The van der Waals surface area contributed by atoms with Crippen molar-refractivity contribution in [2.24, 2.45) is 0 Å². The molecule has 9 heteroatoms. The number of likely N-dealkylation sites (tertiary alicyclic amines) is 1. The quantitative estimate of drug-likeness (QED) is 0.181. The first-order valence-corrected chi connectivity index (χ1v) is 15.7. The molecule has 0 spiro atoms. The number of morpholine rings is 1. The van der Waals surface area contributed by atoms with Gasteiger partial charge in [-0.05, 0) is 67.3 Å². The number of Topliss-reactive ketones (excluding diaryl/α,β-unsaturated/α-hetero) is 1. The number of rotatable bonds is 11. The lowest BCUT2D eigenvalue weighted by Gasteiger charge is -2.29. The fourth-order valence-electron chi connectivity index (χ4n) is 6.29. The van der Waals surface area contributed by atoms with E-state index in [2.05, 4.69) is 4.90 Å². The van der Waals surface area contributed by atoms with Crippen molar-refractivity contribution in [3.8, 4) is 17.2 Å². The van der Waals surface area contributed by atoms with Gasteiger partial charge in [-0.1, -0.05) is 36.4 Å². The van der Waals surface area contributed by atoms with Crippen molar-refractivity contribution in [2.45, 2.75) is 45.4 Å². The first kappa shape index (κ1) is 30.7. The maximum Gasteiger partial charge on any atom is 0.295 e. The average molecular weight is 613 g/mol. The molecule has 6 rings (SSSR count). The molecular weight excluding hydrogens is 572 g/mol. The monoisotopic (exact) mass is 612 g/mol. The van der Waals surface area contributed by atoms with Gasteiger partial charge in [0.1, 0.15) is 24.2 Å². The second kappa shape index (κ2) is 13.7. The Hall–Kier alpha value is -4.34. The summed E-state index contributed by atoms with van der Waals surface area (Å²) in [5.74, 6) is 0.320. The van der Waals surface area contributed by atoms with E-state index in [4.69, 9.17) is 18.9 Å². The van der Waals surface area contributed by atoms with Gasteiger partial charge in [-0.25, -0.2) is 0 Å². The zero-order chi connectivity index (χ0) is 31.3. The molecule has 0 bridgehead atoms. The van der Waals surface area contributed by atoms with Crippen molar-refractivity contribution in [3.63, 3.8) is 0 Å². The molecule has 2 fully saturated rings. The highest BCUT2D eigenvalue weighted by atomic mass is 16.5. The normalized spacial score (nSPS) is 21.1. The average Bonchev–Trinajstić information content (AvgIpc) is 3.56. The van der Waals surface area contributed by atoms with E-state index < -0.39 is 17.7 Å². The Morgan fingerprint density at radius 1 is 0.956 bits per heavy atom. The lowest BCUT2D eigenvalue weighted by Crippen LogP contribution is -2.39. The number of nitrogens with zero attached hydrogens (tertiary/aromatic N) is 2. The number of carbonyl (C=O) groups is 2. The second-order valence-electron chi connectivity index (χ2n) is 11.7. The van der Waals surface area contributed by atoms with Gasteiger partial charge < -0.3 is 29.0 Å².